The predicted octanol–water partition coefficient (Wildman–Crippen LogP) is 4.11. The van der Waals surface area contributed by atoms with Crippen LogP contribution in [-0.4, -0.2) is 15.0 Å². The van der Waals surface area contributed by atoms with Crippen LogP contribution in [0.3, 0.4) is 0 Å². The highest BCUT2D eigenvalue weighted by Crippen LogP contribution is 2.45. The van der Waals surface area contributed by atoms with E-state index in [9.17, 15) is 10.1 Å². The number of benzene rings is 2. The maximum atomic E-state index is 13.0. The lowest BCUT2D eigenvalue weighted by Gasteiger charge is -2.25. The molecule has 2 aromatic carbocycles. The van der Waals surface area contributed by atoms with E-state index >= 15 is 0 Å². The lowest BCUT2D eigenvalue weighted by Crippen LogP contribution is -2.28. The Morgan fingerprint density at radius 2 is 1.87 bits per heavy atom. The molecule has 0 bridgehead atoms. The fourth-order valence-electron chi connectivity index (χ4n) is 4.14. The highest BCUT2D eigenvalue weighted by Gasteiger charge is 2.37. The van der Waals surface area contributed by atoms with Gasteiger partial charge >= 0.3 is 0 Å². The summed E-state index contributed by atoms with van der Waals surface area (Å²) < 4.78 is 5.71. The van der Waals surface area contributed by atoms with Crippen molar-refractivity contribution in [2.75, 3.05) is 0 Å². The molecule has 0 radical (unpaired) electrons. The zero-order valence-electron chi connectivity index (χ0n) is 16.4. The quantitative estimate of drug-likeness (QED) is 0.359. The molecule has 1 atom stereocenters. The van der Waals surface area contributed by atoms with E-state index < -0.39 is 11.5 Å². The fraction of sp³-hybridized carbons (Fsp3) is 0.0870. The zero-order chi connectivity index (χ0) is 21.7. The van der Waals surface area contributed by atoms with Crippen molar-refractivity contribution in [3.8, 4) is 23.2 Å². The largest absolute Gasteiger partial charge is 0.424 e. The van der Waals surface area contributed by atoms with Gasteiger partial charge in [0.05, 0.1) is 17.2 Å². The van der Waals surface area contributed by atoms with Gasteiger partial charge in [-0.1, -0.05) is 42.0 Å². The number of nitrogens with two attached hydrogens (primary N) is 1. The molecular weight excluding hydrogens is 410 g/mol. The van der Waals surface area contributed by atoms with Crippen LogP contribution in [0.25, 0.3) is 22.2 Å². The molecule has 31 heavy (non-hydrogen) atoms. The van der Waals surface area contributed by atoms with Crippen LogP contribution in [-0.2, 0) is 0 Å². The van der Waals surface area contributed by atoms with Gasteiger partial charge in [0.2, 0.25) is 11.8 Å². The normalized spacial score (nSPS) is 15.4. The third-order valence-corrected chi connectivity index (χ3v) is 5.67. The molecule has 7 nitrogen and oxygen atoms in total. The van der Waals surface area contributed by atoms with Crippen LogP contribution in [0.15, 0.2) is 64.8 Å². The van der Waals surface area contributed by atoms with Gasteiger partial charge in [0.25, 0.3) is 5.56 Å². The third-order valence-electron chi connectivity index (χ3n) is 5.46. The molecule has 0 spiro atoms. The van der Waals surface area contributed by atoms with Gasteiger partial charge in [0.1, 0.15) is 11.6 Å². The topological polar surface area (TPSA) is 123 Å². The van der Waals surface area contributed by atoms with E-state index in [1.165, 1.54) is 0 Å². The van der Waals surface area contributed by atoms with Gasteiger partial charge in [0.15, 0.2) is 4.77 Å². The number of aryl methyl sites for hydroxylation is 1. The number of aromatic amines is 3. The number of nitrogens with zero attached hydrogens (tertiary/aromatic N) is 1. The number of nitrogens with one attached hydrogen (secondary N) is 3. The van der Waals surface area contributed by atoms with Gasteiger partial charge in [-0.2, -0.15) is 5.26 Å². The second-order valence-corrected chi connectivity index (χ2v) is 7.81. The van der Waals surface area contributed by atoms with E-state index in [4.69, 9.17) is 22.7 Å². The van der Waals surface area contributed by atoms with Crippen LogP contribution in [0, 0.1) is 23.0 Å². The fourth-order valence-corrected chi connectivity index (χ4v) is 4.32. The average Bonchev–Trinajstić information content (AvgIpc) is 3.11. The molecule has 5 rings (SSSR count). The number of H-pyrrole nitrogens is 3. The first kappa shape index (κ1) is 18.9. The molecule has 0 aliphatic carbocycles. The molecule has 5 N–H and O–H groups in total. The van der Waals surface area contributed by atoms with E-state index in [2.05, 4.69) is 21.0 Å². The van der Waals surface area contributed by atoms with Crippen LogP contribution in [0.5, 0.6) is 5.88 Å². The van der Waals surface area contributed by atoms with Crippen LogP contribution in [0.2, 0.25) is 0 Å². The molecular formula is C23H17N5O2S. The number of ether oxygens (including phenoxy) is 1. The van der Waals surface area contributed by atoms with Crippen LogP contribution in [0.4, 0.5) is 0 Å². The van der Waals surface area contributed by atoms with E-state index in [-0.39, 0.29) is 27.7 Å². The Balaban J connectivity index is 1.94. The van der Waals surface area contributed by atoms with Crippen molar-refractivity contribution in [1.82, 2.24) is 15.0 Å². The van der Waals surface area contributed by atoms with E-state index in [0.717, 1.165) is 33.3 Å². The lowest BCUT2D eigenvalue weighted by molar-refractivity contribution is 0.374. The summed E-state index contributed by atoms with van der Waals surface area (Å²) in [5, 5.41) is 10.9. The number of hydrogen-bond acceptors (Lipinski definition) is 5. The van der Waals surface area contributed by atoms with Crippen LogP contribution < -0.4 is 16.0 Å². The summed E-state index contributed by atoms with van der Waals surface area (Å²) in [5.41, 5.74) is 10.6. The molecule has 1 aliphatic heterocycles. The average molecular weight is 427 g/mol. The minimum atomic E-state index is -0.741. The summed E-state index contributed by atoms with van der Waals surface area (Å²) in [7, 11) is 0. The number of aromatic nitrogens is 3. The first-order valence-electron chi connectivity index (χ1n) is 9.59. The maximum Gasteiger partial charge on any atom is 0.259 e. The first-order chi connectivity index (χ1) is 15.0. The van der Waals surface area contributed by atoms with Gasteiger partial charge in [-0.05, 0) is 42.4 Å². The zero-order valence-corrected chi connectivity index (χ0v) is 17.3. The monoisotopic (exact) mass is 427 g/mol. The van der Waals surface area contributed by atoms with Crippen LogP contribution in [0.1, 0.15) is 22.6 Å². The number of nitriles is 1. The summed E-state index contributed by atoms with van der Waals surface area (Å²) >= 11 is 5.10. The molecule has 0 saturated heterocycles. The smallest absolute Gasteiger partial charge is 0.259 e. The maximum absolute atomic E-state index is 13.0. The predicted molar refractivity (Wildman–Crippen MR) is 120 cm³/mol. The molecule has 0 fully saturated rings. The second-order valence-electron chi connectivity index (χ2n) is 7.40. The van der Waals surface area contributed by atoms with Gasteiger partial charge in [0, 0.05) is 10.9 Å². The van der Waals surface area contributed by atoms with Crippen molar-refractivity contribution in [1.29, 1.82) is 5.26 Å². The number of fused-ring (bicyclic) bond motifs is 2. The Morgan fingerprint density at radius 3 is 2.61 bits per heavy atom. The molecule has 4 aromatic rings. The summed E-state index contributed by atoms with van der Waals surface area (Å²) in [6.45, 7) is 2.00. The number of rotatable bonds is 2. The molecule has 8 heteroatoms. The number of hydrogen-bond donors (Lipinski definition) is 4. The highest BCUT2D eigenvalue weighted by atomic mass is 32.1. The molecule has 3 heterocycles. The van der Waals surface area contributed by atoms with Crippen molar-refractivity contribution in [3.63, 3.8) is 0 Å². The Bertz CT molecular complexity index is 1540. The molecule has 1 unspecified atom stereocenters. The molecule has 0 amide bonds. The summed E-state index contributed by atoms with van der Waals surface area (Å²) in [4.78, 5) is 21.9. The van der Waals surface area contributed by atoms with E-state index in [1.807, 2.05) is 55.5 Å². The Labute approximate surface area is 181 Å². The van der Waals surface area contributed by atoms with Crippen molar-refractivity contribution in [2.24, 2.45) is 5.73 Å². The Morgan fingerprint density at radius 1 is 1.10 bits per heavy atom. The molecule has 152 valence electrons. The van der Waals surface area contributed by atoms with Crippen molar-refractivity contribution in [2.45, 2.75) is 12.8 Å². The van der Waals surface area contributed by atoms with Crippen molar-refractivity contribution >= 4 is 23.1 Å². The minimum Gasteiger partial charge on any atom is -0.424 e. The lowest BCUT2D eigenvalue weighted by atomic mass is 9.82. The van der Waals surface area contributed by atoms with E-state index in [1.54, 1.807) is 0 Å². The summed E-state index contributed by atoms with van der Waals surface area (Å²) in [6, 6.07) is 17.9. The van der Waals surface area contributed by atoms with Gasteiger partial charge in [-0.15, -0.1) is 0 Å². The standard InChI is InChI=1S/C23H17N5O2S/c1-11-7-8-15-13(9-11)17(19(26-15)12-5-3-2-4-6-12)16-14(10-24)20(25)30-22-18(16)21(29)27-23(31)28-22/h2-9,16,26H,25H2,1H3,(H2,27,28,29,31). The Kier molecular flexibility index (Phi) is 4.27. The summed E-state index contributed by atoms with van der Waals surface area (Å²) in [6.07, 6.45) is 0. The van der Waals surface area contributed by atoms with Gasteiger partial charge in [-0.25, -0.2) is 0 Å². The highest BCUT2D eigenvalue weighted by molar-refractivity contribution is 7.71. The number of allylic oxidation sites excluding steroid dienone is 1. The summed E-state index contributed by atoms with van der Waals surface area (Å²) in [5.74, 6) is -0.649. The molecule has 2 aromatic heterocycles. The first-order valence-corrected chi connectivity index (χ1v) is 10.0. The Hall–Kier alpha value is -4.09. The van der Waals surface area contributed by atoms with Gasteiger partial charge < -0.3 is 20.4 Å². The van der Waals surface area contributed by atoms with Crippen molar-refractivity contribution < 1.29 is 4.74 Å². The van der Waals surface area contributed by atoms with Crippen molar-refractivity contribution in [3.05, 3.63) is 91.8 Å². The SMILES string of the molecule is Cc1ccc2[nH]c(-c3ccccc3)c(C3C(C#N)=C(N)Oc4[nH]c(=S)[nH]c(=O)c43)c2c1. The molecule has 1 aliphatic rings. The molecule has 0 saturated carbocycles. The van der Waals surface area contributed by atoms with Crippen LogP contribution >= 0.6 is 12.2 Å². The second kappa shape index (κ2) is 7.00. The third kappa shape index (κ3) is 2.95. The minimum absolute atomic E-state index is 0.0581. The van der Waals surface area contributed by atoms with Gasteiger partial charge in [-0.3, -0.25) is 9.78 Å². The van der Waals surface area contributed by atoms with E-state index in [0.29, 0.717) is 0 Å².